The van der Waals surface area contributed by atoms with Gasteiger partial charge in [0.05, 0.1) is 12.8 Å². The summed E-state index contributed by atoms with van der Waals surface area (Å²) < 4.78 is 10.6. The van der Waals surface area contributed by atoms with Gasteiger partial charge in [-0.3, -0.25) is 4.79 Å². The molecule has 1 saturated carbocycles. The largest absolute Gasteiger partial charge is 0.464 e. The summed E-state index contributed by atoms with van der Waals surface area (Å²) in [4.78, 5) is 12.2. The van der Waals surface area contributed by atoms with Gasteiger partial charge in [-0.2, -0.15) is 0 Å². The lowest BCUT2D eigenvalue weighted by molar-refractivity contribution is 0.0950. The Morgan fingerprint density at radius 2 is 2.04 bits per heavy atom. The van der Waals surface area contributed by atoms with E-state index in [1.54, 1.807) is 18.4 Å². The first-order valence-electron chi connectivity index (χ1n) is 7.67. The number of aromatic nitrogens is 1. The topological polar surface area (TPSA) is 68.3 Å². The van der Waals surface area contributed by atoms with Crippen molar-refractivity contribution in [3.63, 3.8) is 0 Å². The van der Waals surface area contributed by atoms with Crippen LogP contribution >= 0.6 is 0 Å². The van der Waals surface area contributed by atoms with E-state index >= 15 is 0 Å². The Bertz CT molecular complexity index is 799. The molecule has 23 heavy (non-hydrogen) atoms. The lowest BCUT2D eigenvalue weighted by Gasteiger charge is -2.04. The van der Waals surface area contributed by atoms with E-state index in [4.69, 9.17) is 8.94 Å². The zero-order valence-electron chi connectivity index (χ0n) is 12.5. The molecule has 0 bridgehead atoms. The van der Waals surface area contributed by atoms with Gasteiger partial charge in [-0.25, -0.2) is 0 Å². The Morgan fingerprint density at radius 3 is 2.74 bits per heavy atom. The van der Waals surface area contributed by atoms with Gasteiger partial charge >= 0.3 is 0 Å². The number of carbonyl (C=O) groups excluding carboxylic acids is 1. The molecule has 1 N–H and O–H groups in total. The maximum Gasteiger partial charge on any atom is 0.251 e. The van der Waals surface area contributed by atoms with E-state index in [1.165, 1.54) is 12.8 Å². The van der Waals surface area contributed by atoms with Gasteiger partial charge in [-0.05, 0) is 37.1 Å². The summed E-state index contributed by atoms with van der Waals surface area (Å²) in [5.41, 5.74) is 2.30. The van der Waals surface area contributed by atoms with Crippen LogP contribution in [0.4, 0.5) is 0 Å². The average molecular weight is 308 g/mol. The molecule has 0 saturated heterocycles. The van der Waals surface area contributed by atoms with Crippen LogP contribution in [0.3, 0.4) is 0 Å². The fourth-order valence-corrected chi connectivity index (χ4v) is 2.47. The predicted molar refractivity (Wildman–Crippen MR) is 83.8 cm³/mol. The molecule has 1 aromatic carbocycles. The van der Waals surface area contributed by atoms with Gasteiger partial charge in [-0.15, -0.1) is 0 Å². The van der Waals surface area contributed by atoms with Gasteiger partial charge in [-0.1, -0.05) is 17.3 Å². The van der Waals surface area contributed by atoms with Crippen LogP contribution in [-0.2, 0) is 6.54 Å². The Hall–Kier alpha value is -2.82. The Balaban J connectivity index is 1.38. The Morgan fingerprint density at radius 1 is 1.22 bits per heavy atom. The molecule has 0 aliphatic heterocycles. The first-order chi connectivity index (χ1) is 11.3. The highest BCUT2D eigenvalue weighted by Crippen LogP contribution is 2.40. The number of nitrogens with zero attached hydrogens (tertiary/aromatic N) is 1. The summed E-state index contributed by atoms with van der Waals surface area (Å²) in [6, 6.07) is 13.0. The monoisotopic (exact) mass is 308 g/mol. The van der Waals surface area contributed by atoms with Crippen molar-refractivity contribution in [3.05, 3.63) is 65.7 Å². The van der Waals surface area contributed by atoms with Crippen LogP contribution in [0.1, 0.15) is 40.6 Å². The van der Waals surface area contributed by atoms with Crippen LogP contribution in [0, 0.1) is 0 Å². The fourth-order valence-electron chi connectivity index (χ4n) is 2.47. The predicted octanol–water partition coefficient (Wildman–Crippen LogP) is 3.74. The standard InChI is InChI=1S/C18H16N2O3/c21-18(19-11-15-10-17(23-20-15)13-3-4-13)14-7-5-12(6-8-14)16-2-1-9-22-16/h1-2,5-10,13H,3-4,11H2,(H,19,21). The van der Waals surface area contributed by atoms with Gasteiger partial charge < -0.3 is 14.3 Å². The minimum Gasteiger partial charge on any atom is -0.464 e. The Kier molecular flexibility index (Phi) is 3.46. The van der Waals surface area contributed by atoms with Crippen molar-refractivity contribution in [1.29, 1.82) is 0 Å². The highest BCUT2D eigenvalue weighted by Gasteiger charge is 2.27. The molecule has 0 unspecified atom stereocenters. The van der Waals surface area contributed by atoms with Gasteiger partial charge in [0, 0.05) is 23.1 Å². The molecule has 0 spiro atoms. The second-order valence-corrected chi connectivity index (χ2v) is 5.73. The molecule has 4 rings (SSSR count). The SMILES string of the molecule is O=C(NCc1cc(C2CC2)on1)c1ccc(-c2ccco2)cc1. The summed E-state index contributed by atoms with van der Waals surface area (Å²) in [6.45, 7) is 0.370. The molecule has 1 aliphatic rings. The van der Waals surface area contributed by atoms with E-state index in [-0.39, 0.29) is 5.91 Å². The number of nitrogens with one attached hydrogen (secondary N) is 1. The Labute approximate surface area is 133 Å². The van der Waals surface area contributed by atoms with Gasteiger partial charge in [0.1, 0.15) is 17.2 Å². The molecule has 5 nitrogen and oxygen atoms in total. The zero-order valence-corrected chi connectivity index (χ0v) is 12.5. The molecule has 1 fully saturated rings. The van der Waals surface area contributed by atoms with E-state index in [1.807, 2.05) is 30.3 Å². The van der Waals surface area contributed by atoms with E-state index < -0.39 is 0 Å². The van der Waals surface area contributed by atoms with E-state index in [2.05, 4.69) is 10.5 Å². The van der Waals surface area contributed by atoms with E-state index in [0.717, 1.165) is 22.8 Å². The van der Waals surface area contributed by atoms with Crippen LogP contribution in [0.5, 0.6) is 0 Å². The van der Waals surface area contributed by atoms with Crippen molar-refractivity contribution in [1.82, 2.24) is 10.5 Å². The molecular weight excluding hydrogens is 292 g/mol. The normalized spacial score (nSPS) is 13.9. The molecule has 3 aromatic rings. The quantitative estimate of drug-likeness (QED) is 0.779. The number of hydrogen-bond acceptors (Lipinski definition) is 4. The van der Waals surface area contributed by atoms with Gasteiger partial charge in [0.15, 0.2) is 0 Å². The van der Waals surface area contributed by atoms with E-state index in [9.17, 15) is 4.79 Å². The molecule has 0 atom stereocenters. The van der Waals surface area contributed by atoms with Crippen LogP contribution in [-0.4, -0.2) is 11.1 Å². The van der Waals surface area contributed by atoms with Crippen LogP contribution in [0.2, 0.25) is 0 Å². The third-order valence-corrected chi connectivity index (χ3v) is 3.94. The molecule has 2 aromatic heterocycles. The second kappa shape index (κ2) is 5.76. The maximum absolute atomic E-state index is 12.2. The van der Waals surface area contributed by atoms with Crippen molar-refractivity contribution < 1.29 is 13.7 Å². The van der Waals surface area contributed by atoms with Crippen molar-refractivity contribution in [2.24, 2.45) is 0 Å². The van der Waals surface area contributed by atoms with Crippen molar-refractivity contribution in [2.45, 2.75) is 25.3 Å². The molecule has 0 radical (unpaired) electrons. The van der Waals surface area contributed by atoms with Crippen LogP contribution in [0.15, 0.2) is 57.7 Å². The number of rotatable bonds is 5. The smallest absolute Gasteiger partial charge is 0.251 e. The second-order valence-electron chi connectivity index (χ2n) is 5.73. The first kappa shape index (κ1) is 13.8. The minimum atomic E-state index is -0.132. The summed E-state index contributed by atoms with van der Waals surface area (Å²) in [5.74, 6) is 2.11. The molecule has 1 aliphatic carbocycles. The third-order valence-electron chi connectivity index (χ3n) is 3.94. The minimum absolute atomic E-state index is 0.132. The number of furan rings is 1. The average Bonchev–Trinajstić information content (AvgIpc) is 3.11. The van der Waals surface area contributed by atoms with E-state index in [0.29, 0.717) is 18.0 Å². The lowest BCUT2D eigenvalue weighted by Crippen LogP contribution is -2.22. The first-order valence-corrected chi connectivity index (χ1v) is 7.67. The maximum atomic E-state index is 12.2. The number of benzene rings is 1. The molecule has 1 amide bonds. The molecule has 2 heterocycles. The van der Waals surface area contributed by atoms with Gasteiger partial charge in [0.25, 0.3) is 5.91 Å². The lowest BCUT2D eigenvalue weighted by atomic mass is 10.1. The summed E-state index contributed by atoms with van der Waals surface area (Å²) in [6.07, 6.45) is 3.97. The zero-order chi connectivity index (χ0) is 15.6. The third kappa shape index (κ3) is 3.04. The number of amides is 1. The summed E-state index contributed by atoms with van der Waals surface area (Å²) >= 11 is 0. The number of carbonyl (C=O) groups is 1. The molecular formula is C18H16N2O3. The van der Waals surface area contributed by atoms with Crippen LogP contribution in [0.25, 0.3) is 11.3 Å². The molecule has 5 heteroatoms. The highest BCUT2D eigenvalue weighted by molar-refractivity contribution is 5.94. The van der Waals surface area contributed by atoms with Crippen molar-refractivity contribution in [2.75, 3.05) is 0 Å². The number of hydrogen-bond donors (Lipinski definition) is 1. The van der Waals surface area contributed by atoms with Crippen LogP contribution < -0.4 is 5.32 Å². The summed E-state index contributed by atoms with van der Waals surface area (Å²) in [7, 11) is 0. The highest BCUT2D eigenvalue weighted by atomic mass is 16.5. The van der Waals surface area contributed by atoms with Gasteiger partial charge in [0.2, 0.25) is 0 Å². The van der Waals surface area contributed by atoms with Crippen molar-refractivity contribution >= 4 is 5.91 Å². The molecule has 116 valence electrons. The summed E-state index contributed by atoms with van der Waals surface area (Å²) in [5, 5.41) is 6.85. The van der Waals surface area contributed by atoms with Crippen molar-refractivity contribution in [3.8, 4) is 11.3 Å². The fraction of sp³-hybridized carbons (Fsp3) is 0.222.